The number of hydrogen-bond acceptors (Lipinski definition) is 3. The van der Waals surface area contributed by atoms with Gasteiger partial charge in [-0.2, -0.15) is 0 Å². The number of carbonyl (C=O) groups is 1. The second-order valence-electron chi connectivity index (χ2n) is 8.38. The first kappa shape index (κ1) is 20.3. The minimum Gasteiger partial charge on any atom is -0.364 e. The number of anilines is 1. The molecule has 0 saturated heterocycles. The van der Waals surface area contributed by atoms with E-state index in [1.165, 1.54) is 11.1 Å². The molecular weight excluding hydrogens is 422 g/mol. The fourth-order valence-corrected chi connectivity index (χ4v) is 5.06. The standard InChI is InChI=1S/C25H23N3O3S/c1-32(30,31)27-20-11-10-17-14-23(24(26)29)28(22(17)16-20)21-9-5-8-19(15-21)25(12-13-25)18-6-3-2-4-7-18/h2-11,14-16,27H,12-13H2,1H3,(H2,26,29). The van der Waals surface area contributed by atoms with Crippen molar-refractivity contribution in [2.24, 2.45) is 5.73 Å². The summed E-state index contributed by atoms with van der Waals surface area (Å²) < 4.78 is 27.7. The second-order valence-corrected chi connectivity index (χ2v) is 10.1. The van der Waals surface area contributed by atoms with Gasteiger partial charge in [0, 0.05) is 16.5 Å². The molecule has 1 amide bonds. The number of primary amides is 1. The largest absolute Gasteiger partial charge is 0.364 e. The molecule has 5 rings (SSSR count). The van der Waals surface area contributed by atoms with E-state index < -0.39 is 15.9 Å². The summed E-state index contributed by atoms with van der Waals surface area (Å²) >= 11 is 0. The van der Waals surface area contributed by atoms with E-state index in [0.717, 1.165) is 30.2 Å². The number of hydrogen-bond donors (Lipinski definition) is 2. The molecule has 0 aliphatic heterocycles. The first-order valence-corrected chi connectivity index (χ1v) is 12.3. The number of nitrogens with zero attached hydrogens (tertiary/aromatic N) is 1. The van der Waals surface area contributed by atoms with E-state index in [1.54, 1.807) is 28.8 Å². The van der Waals surface area contributed by atoms with Crippen molar-refractivity contribution in [3.63, 3.8) is 0 Å². The monoisotopic (exact) mass is 445 g/mol. The number of nitrogens with one attached hydrogen (secondary N) is 1. The Morgan fingerprint density at radius 3 is 2.31 bits per heavy atom. The summed E-state index contributed by atoms with van der Waals surface area (Å²) in [4.78, 5) is 12.3. The molecule has 32 heavy (non-hydrogen) atoms. The van der Waals surface area contributed by atoms with Crippen LogP contribution in [0, 0.1) is 0 Å². The Hall–Kier alpha value is -3.58. The van der Waals surface area contributed by atoms with Crippen molar-refractivity contribution in [2.45, 2.75) is 18.3 Å². The van der Waals surface area contributed by atoms with Crippen molar-refractivity contribution < 1.29 is 13.2 Å². The number of amides is 1. The lowest BCUT2D eigenvalue weighted by molar-refractivity contribution is 0.0994. The third kappa shape index (κ3) is 3.54. The van der Waals surface area contributed by atoms with Crippen molar-refractivity contribution >= 4 is 32.5 Å². The lowest BCUT2D eigenvalue weighted by Gasteiger charge is -2.18. The Morgan fingerprint density at radius 2 is 1.66 bits per heavy atom. The zero-order valence-electron chi connectivity index (χ0n) is 17.6. The predicted molar refractivity (Wildman–Crippen MR) is 127 cm³/mol. The van der Waals surface area contributed by atoms with Crippen LogP contribution in [0.2, 0.25) is 0 Å². The van der Waals surface area contributed by atoms with Gasteiger partial charge in [-0.05, 0) is 54.3 Å². The van der Waals surface area contributed by atoms with Crippen molar-refractivity contribution in [3.8, 4) is 5.69 Å². The van der Waals surface area contributed by atoms with E-state index in [1.807, 2.05) is 18.2 Å². The van der Waals surface area contributed by atoms with Crippen LogP contribution in [-0.4, -0.2) is 25.1 Å². The Kier molecular flexibility index (Phi) is 4.60. The minimum atomic E-state index is -3.43. The van der Waals surface area contributed by atoms with E-state index >= 15 is 0 Å². The molecule has 1 aromatic heterocycles. The summed E-state index contributed by atoms with van der Waals surface area (Å²) in [6.07, 6.45) is 3.24. The molecule has 1 saturated carbocycles. The van der Waals surface area contributed by atoms with Gasteiger partial charge < -0.3 is 10.3 Å². The second kappa shape index (κ2) is 7.24. The Balaban J connectivity index is 1.68. The molecule has 1 aliphatic rings. The zero-order chi connectivity index (χ0) is 22.5. The van der Waals surface area contributed by atoms with E-state index in [2.05, 4.69) is 41.1 Å². The van der Waals surface area contributed by atoms with E-state index in [9.17, 15) is 13.2 Å². The van der Waals surface area contributed by atoms with Gasteiger partial charge in [-0.15, -0.1) is 0 Å². The fourth-order valence-electron chi connectivity index (χ4n) is 4.51. The first-order valence-electron chi connectivity index (χ1n) is 10.4. The average molecular weight is 446 g/mol. The number of sulfonamides is 1. The molecule has 1 heterocycles. The fraction of sp³-hybridized carbons (Fsp3) is 0.160. The average Bonchev–Trinajstić information content (AvgIpc) is 3.48. The smallest absolute Gasteiger partial charge is 0.265 e. The highest BCUT2D eigenvalue weighted by molar-refractivity contribution is 7.92. The van der Waals surface area contributed by atoms with Crippen LogP contribution in [0.15, 0.2) is 78.9 Å². The van der Waals surface area contributed by atoms with Crippen LogP contribution in [-0.2, 0) is 15.4 Å². The molecule has 6 nitrogen and oxygen atoms in total. The van der Waals surface area contributed by atoms with Crippen LogP contribution >= 0.6 is 0 Å². The lowest BCUT2D eigenvalue weighted by Crippen LogP contribution is -2.16. The maximum Gasteiger partial charge on any atom is 0.265 e. The quantitative estimate of drug-likeness (QED) is 0.466. The van der Waals surface area contributed by atoms with Gasteiger partial charge in [0.25, 0.3) is 5.91 Å². The number of fused-ring (bicyclic) bond motifs is 1. The number of nitrogens with two attached hydrogens (primary N) is 1. The lowest BCUT2D eigenvalue weighted by atomic mass is 9.88. The van der Waals surface area contributed by atoms with Gasteiger partial charge in [0.15, 0.2) is 0 Å². The summed E-state index contributed by atoms with van der Waals surface area (Å²) in [7, 11) is -3.43. The molecule has 3 aromatic carbocycles. The van der Waals surface area contributed by atoms with E-state index in [0.29, 0.717) is 16.9 Å². The molecular formula is C25H23N3O3S. The maximum atomic E-state index is 12.3. The van der Waals surface area contributed by atoms with Gasteiger partial charge in [-0.25, -0.2) is 8.42 Å². The normalized spacial score (nSPS) is 14.9. The molecule has 1 aliphatic carbocycles. The van der Waals surface area contributed by atoms with Crippen LogP contribution in [0.4, 0.5) is 5.69 Å². The molecule has 7 heteroatoms. The SMILES string of the molecule is CS(=O)(=O)Nc1ccc2cc(C(N)=O)n(-c3cccc(C4(c5ccccc5)CC4)c3)c2c1. The third-order valence-corrected chi connectivity index (χ3v) is 6.70. The Morgan fingerprint density at radius 1 is 0.938 bits per heavy atom. The van der Waals surface area contributed by atoms with Gasteiger partial charge in [-0.1, -0.05) is 48.5 Å². The zero-order valence-corrected chi connectivity index (χ0v) is 18.4. The van der Waals surface area contributed by atoms with Crippen molar-refractivity contribution in [1.29, 1.82) is 0 Å². The molecule has 3 N–H and O–H groups in total. The van der Waals surface area contributed by atoms with Gasteiger partial charge in [0.2, 0.25) is 10.0 Å². The van der Waals surface area contributed by atoms with Gasteiger partial charge in [-0.3, -0.25) is 9.52 Å². The Labute approximate surface area is 186 Å². The highest BCUT2D eigenvalue weighted by Crippen LogP contribution is 2.53. The topological polar surface area (TPSA) is 94.2 Å². The summed E-state index contributed by atoms with van der Waals surface area (Å²) in [5.41, 5.74) is 10.4. The van der Waals surface area contributed by atoms with Crippen molar-refractivity contribution in [3.05, 3.63) is 95.7 Å². The Bertz CT molecular complexity index is 1450. The van der Waals surface area contributed by atoms with Crippen LogP contribution in [0.1, 0.15) is 34.5 Å². The number of benzene rings is 3. The van der Waals surface area contributed by atoms with Crippen LogP contribution in [0.25, 0.3) is 16.6 Å². The molecule has 0 bridgehead atoms. The summed E-state index contributed by atoms with van der Waals surface area (Å²) in [6.45, 7) is 0. The maximum absolute atomic E-state index is 12.3. The highest BCUT2D eigenvalue weighted by atomic mass is 32.2. The summed E-state index contributed by atoms with van der Waals surface area (Å²) in [5, 5.41) is 0.799. The summed E-state index contributed by atoms with van der Waals surface area (Å²) in [5.74, 6) is -0.548. The van der Waals surface area contributed by atoms with Gasteiger partial charge >= 0.3 is 0 Å². The molecule has 162 valence electrons. The third-order valence-electron chi connectivity index (χ3n) is 6.09. The van der Waals surface area contributed by atoms with Crippen LogP contribution in [0.5, 0.6) is 0 Å². The molecule has 0 spiro atoms. The number of aromatic nitrogens is 1. The highest BCUT2D eigenvalue weighted by Gasteiger charge is 2.45. The van der Waals surface area contributed by atoms with Crippen molar-refractivity contribution in [2.75, 3.05) is 11.0 Å². The number of carbonyl (C=O) groups excluding carboxylic acids is 1. The van der Waals surface area contributed by atoms with Crippen LogP contribution in [0.3, 0.4) is 0 Å². The molecule has 4 aromatic rings. The predicted octanol–water partition coefficient (Wildman–Crippen LogP) is 4.18. The molecule has 1 fully saturated rings. The van der Waals surface area contributed by atoms with E-state index in [-0.39, 0.29) is 5.41 Å². The number of rotatable bonds is 6. The van der Waals surface area contributed by atoms with Crippen molar-refractivity contribution in [1.82, 2.24) is 4.57 Å². The molecule has 0 atom stereocenters. The molecule has 0 unspecified atom stereocenters. The summed E-state index contributed by atoms with van der Waals surface area (Å²) in [6, 6.07) is 25.5. The molecule has 0 radical (unpaired) electrons. The first-order chi connectivity index (χ1) is 15.3. The minimum absolute atomic E-state index is 0.0177. The van der Waals surface area contributed by atoms with Gasteiger partial charge in [0.05, 0.1) is 17.5 Å². The van der Waals surface area contributed by atoms with Gasteiger partial charge in [0.1, 0.15) is 5.69 Å². The van der Waals surface area contributed by atoms with Crippen LogP contribution < -0.4 is 10.5 Å². The van der Waals surface area contributed by atoms with E-state index in [4.69, 9.17) is 5.73 Å².